The number of hydrogen-bond acceptors (Lipinski definition) is 5. The van der Waals surface area contributed by atoms with Crippen molar-refractivity contribution in [1.29, 1.82) is 0 Å². The van der Waals surface area contributed by atoms with Crippen molar-refractivity contribution in [2.45, 2.75) is 12.6 Å². The van der Waals surface area contributed by atoms with Gasteiger partial charge in [0.2, 0.25) is 0 Å². The van der Waals surface area contributed by atoms with Crippen LogP contribution in [0.5, 0.6) is 0 Å². The minimum absolute atomic E-state index is 0.334. The van der Waals surface area contributed by atoms with E-state index in [0.29, 0.717) is 26.4 Å². The zero-order valence-corrected chi connectivity index (χ0v) is 11.4. The fourth-order valence-corrected chi connectivity index (χ4v) is 1.70. The molecule has 0 spiro atoms. The van der Waals surface area contributed by atoms with E-state index in [1.165, 1.54) is 0 Å². The molecule has 0 aromatic carbocycles. The van der Waals surface area contributed by atoms with Gasteiger partial charge < -0.3 is 14.6 Å². The average Bonchev–Trinajstić information content (AvgIpc) is 2.70. The Morgan fingerprint density at radius 3 is 2.89 bits per heavy atom. The lowest BCUT2D eigenvalue weighted by atomic mass is 10.3. The minimum atomic E-state index is -0.483. The molecule has 6 nitrogen and oxygen atoms in total. The molecular formula is C12H23N3O3. The van der Waals surface area contributed by atoms with Crippen molar-refractivity contribution in [3.63, 3.8) is 0 Å². The normalized spacial score (nSPS) is 13.2. The third kappa shape index (κ3) is 6.11. The Morgan fingerprint density at radius 2 is 2.28 bits per heavy atom. The van der Waals surface area contributed by atoms with Gasteiger partial charge in [0, 0.05) is 39.0 Å². The van der Waals surface area contributed by atoms with Crippen molar-refractivity contribution in [2.24, 2.45) is 7.05 Å². The first kappa shape index (κ1) is 15.1. The summed E-state index contributed by atoms with van der Waals surface area (Å²) < 4.78 is 11.9. The highest BCUT2D eigenvalue weighted by molar-refractivity contribution is 5.02. The number of methoxy groups -OCH3 is 1. The molecule has 0 radical (unpaired) electrons. The van der Waals surface area contributed by atoms with Crippen LogP contribution >= 0.6 is 0 Å². The highest BCUT2D eigenvalue weighted by Gasteiger charge is 2.09. The highest BCUT2D eigenvalue weighted by atomic mass is 16.5. The van der Waals surface area contributed by atoms with Gasteiger partial charge in [0.15, 0.2) is 0 Å². The fourth-order valence-electron chi connectivity index (χ4n) is 1.70. The van der Waals surface area contributed by atoms with Crippen LogP contribution in [0.1, 0.15) is 5.56 Å². The molecule has 1 aromatic heterocycles. The van der Waals surface area contributed by atoms with Crippen LogP contribution in [0, 0.1) is 0 Å². The summed E-state index contributed by atoms with van der Waals surface area (Å²) in [6.45, 7) is 2.74. The van der Waals surface area contributed by atoms with Gasteiger partial charge in [-0.15, -0.1) is 0 Å². The number of aliphatic hydroxyl groups excluding tert-OH is 1. The number of likely N-dealkylation sites (N-methyl/N-ethyl adjacent to an activating group) is 1. The predicted octanol–water partition coefficient (Wildman–Crippen LogP) is -0.124. The summed E-state index contributed by atoms with van der Waals surface area (Å²) in [6, 6.07) is 0. The summed E-state index contributed by atoms with van der Waals surface area (Å²) >= 11 is 0. The second-order valence-corrected chi connectivity index (χ2v) is 4.44. The summed E-state index contributed by atoms with van der Waals surface area (Å²) in [5.74, 6) is 0. The van der Waals surface area contributed by atoms with Crippen molar-refractivity contribution in [3.8, 4) is 0 Å². The summed E-state index contributed by atoms with van der Waals surface area (Å²) in [5.41, 5.74) is 1.13. The topological polar surface area (TPSA) is 59.8 Å². The molecule has 0 fully saturated rings. The predicted molar refractivity (Wildman–Crippen MR) is 68.2 cm³/mol. The van der Waals surface area contributed by atoms with Crippen molar-refractivity contribution < 1.29 is 14.6 Å². The quantitative estimate of drug-likeness (QED) is 0.625. The zero-order valence-electron chi connectivity index (χ0n) is 11.4. The minimum Gasteiger partial charge on any atom is -0.389 e. The van der Waals surface area contributed by atoms with E-state index in [9.17, 15) is 5.11 Å². The van der Waals surface area contributed by atoms with Gasteiger partial charge in [-0.25, -0.2) is 0 Å². The van der Waals surface area contributed by atoms with E-state index in [1.807, 2.05) is 31.4 Å². The van der Waals surface area contributed by atoms with Crippen LogP contribution in [0.2, 0.25) is 0 Å². The number of aryl methyl sites for hydroxylation is 1. The molecule has 0 aliphatic carbocycles. The Balaban J connectivity index is 2.16. The molecule has 1 heterocycles. The van der Waals surface area contributed by atoms with Gasteiger partial charge in [-0.05, 0) is 7.05 Å². The molecular weight excluding hydrogens is 234 g/mol. The van der Waals surface area contributed by atoms with Crippen LogP contribution in [0.25, 0.3) is 0 Å². The lowest BCUT2D eigenvalue weighted by Crippen LogP contribution is -2.32. The van der Waals surface area contributed by atoms with Gasteiger partial charge in [0.1, 0.15) is 0 Å². The van der Waals surface area contributed by atoms with E-state index < -0.39 is 6.10 Å². The first-order chi connectivity index (χ1) is 8.61. The van der Waals surface area contributed by atoms with Gasteiger partial charge in [0.05, 0.1) is 32.1 Å². The van der Waals surface area contributed by atoms with Crippen molar-refractivity contribution in [2.75, 3.05) is 40.5 Å². The van der Waals surface area contributed by atoms with Crippen molar-refractivity contribution >= 4 is 0 Å². The van der Waals surface area contributed by atoms with Crippen LogP contribution in [-0.2, 0) is 23.1 Å². The Kier molecular flexibility index (Phi) is 6.89. The van der Waals surface area contributed by atoms with Crippen LogP contribution in [0.15, 0.2) is 12.4 Å². The Labute approximate surface area is 108 Å². The van der Waals surface area contributed by atoms with E-state index in [0.717, 1.165) is 12.1 Å². The molecule has 1 N–H and O–H groups in total. The first-order valence-electron chi connectivity index (χ1n) is 6.02. The number of rotatable bonds is 9. The van der Waals surface area contributed by atoms with Gasteiger partial charge in [-0.3, -0.25) is 9.58 Å². The molecule has 0 amide bonds. The lowest BCUT2D eigenvalue weighted by molar-refractivity contribution is 0.00161. The molecule has 104 valence electrons. The Morgan fingerprint density at radius 1 is 1.50 bits per heavy atom. The molecule has 1 unspecified atom stereocenters. The average molecular weight is 257 g/mol. The molecule has 0 aliphatic rings. The van der Waals surface area contributed by atoms with Gasteiger partial charge in [0.25, 0.3) is 0 Å². The van der Waals surface area contributed by atoms with E-state index in [4.69, 9.17) is 9.47 Å². The molecule has 1 atom stereocenters. The summed E-state index contributed by atoms with van der Waals surface area (Å²) in [4.78, 5) is 2.04. The Bertz CT molecular complexity index is 330. The van der Waals surface area contributed by atoms with Gasteiger partial charge >= 0.3 is 0 Å². The number of aliphatic hydroxyl groups is 1. The number of ether oxygens (including phenoxy) is 2. The fraction of sp³-hybridized carbons (Fsp3) is 0.750. The molecule has 1 aromatic rings. The largest absolute Gasteiger partial charge is 0.389 e. The zero-order chi connectivity index (χ0) is 13.4. The third-order valence-electron chi connectivity index (χ3n) is 2.48. The summed E-state index contributed by atoms with van der Waals surface area (Å²) in [6.07, 6.45) is 3.32. The molecule has 1 rings (SSSR count). The molecule has 6 heteroatoms. The van der Waals surface area contributed by atoms with Crippen molar-refractivity contribution in [1.82, 2.24) is 14.7 Å². The summed E-state index contributed by atoms with van der Waals surface area (Å²) in [5, 5.41) is 13.9. The smallest absolute Gasteiger partial charge is 0.0900 e. The maximum atomic E-state index is 9.77. The molecule has 18 heavy (non-hydrogen) atoms. The maximum Gasteiger partial charge on any atom is 0.0900 e. The van der Waals surface area contributed by atoms with E-state index >= 15 is 0 Å². The molecule has 0 aliphatic heterocycles. The van der Waals surface area contributed by atoms with Gasteiger partial charge in [-0.2, -0.15) is 5.10 Å². The molecule has 0 bridgehead atoms. The lowest BCUT2D eigenvalue weighted by Gasteiger charge is -2.19. The van der Waals surface area contributed by atoms with Crippen molar-refractivity contribution in [3.05, 3.63) is 18.0 Å². The first-order valence-corrected chi connectivity index (χ1v) is 6.02. The van der Waals surface area contributed by atoms with E-state index in [1.54, 1.807) is 11.8 Å². The van der Waals surface area contributed by atoms with Crippen LogP contribution in [0.4, 0.5) is 0 Å². The highest BCUT2D eigenvalue weighted by Crippen LogP contribution is 2.02. The maximum absolute atomic E-state index is 9.77. The second-order valence-electron chi connectivity index (χ2n) is 4.44. The third-order valence-corrected chi connectivity index (χ3v) is 2.48. The second kappa shape index (κ2) is 8.20. The number of aromatic nitrogens is 2. The summed E-state index contributed by atoms with van der Waals surface area (Å²) in [7, 11) is 5.48. The Hall–Kier alpha value is -0.950. The van der Waals surface area contributed by atoms with Crippen LogP contribution in [0.3, 0.4) is 0 Å². The standard InChI is InChI=1S/C12H23N3O3/c1-14(7-11-6-13-15(2)8-11)9-12(16)10-18-5-4-17-3/h6,8,12,16H,4-5,7,9-10H2,1-3H3. The number of hydrogen-bond donors (Lipinski definition) is 1. The molecule has 0 saturated heterocycles. The van der Waals surface area contributed by atoms with Crippen LogP contribution < -0.4 is 0 Å². The number of nitrogens with zero attached hydrogens (tertiary/aromatic N) is 3. The van der Waals surface area contributed by atoms with E-state index in [-0.39, 0.29) is 0 Å². The SMILES string of the molecule is COCCOCC(O)CN(C)Cc1cnn(C)c1. The molecule has 0 saturated carbocycles. The van der Waals surface area contributed by atoms with Gasteiger partial charge in [-0.1, -0.05) is 0 Å². The van der Waals surface area contributed by atoms with Crippen LogP contribution in [-0.4, -0.2) is 66.4 Å². The monoisotopic (exact) mass is 257 g/mol. The van der Waals surface area contributed by atoms with E-state index in [2.05, 4.69) is 5.10 Å².